The largest absolute Gasteiger partial charge is 0.411 e. The average molecular weight is 297 g/mol. The van der Waals surface area contributed by atoms with E-state index < -0.39 is 12.8 Å². The zero-order chi connectivity index (χ0) is 15.1. The first-order valence-electron chi connectivity index (χ1n) is 6.27. The minimum Gasteiger partial charge on any atom is -0.366 e. The summed E-state index contributed by atoms with van der Waals surface area (Å²) in [5.41, 5.74) is 1.45. The lowest BCUT2D eigenvalue weighted by molar-refractivity contribution is -0.176. The van der Waals surface area contributed by atoms with E-state index >= 15 is 0 Å². The van der Waals surface area contributed by atoms with Gasteiger partial charge in [0.2, 0.25) is 5.95 Å². The molecule has 2 aromatic rings. The highest BCUT2D eigenvalue weighted by Crippen LogP contribution is 2.15. The fourth-order valence-corrected chi connectivity index (χ4v) is 1.61. The molecule has 0 saturated heterocycles. The number of aromatic nitrogens is 2. The van der Waals surface area contributed by atoms with Crippen LogP contribution in [0.1, 0.15) is 11.3 Å². The number of ether oxygens (including phenoxy) is 1. The van der Waals surface area contributed by atoms with Gasteiger partial charge >= 0.3 is 6.18 Å². The quantitative estimate of drug-likeness (QED) is 0.889. The molecule has 1 aromatic carbocycles. The van der Waals surface area contributed by atoms with Crippen LogP contribution in [-0.4, -0.2) is 22.8 Å². The molecular weight excluding hydrogens is 283 g/mol. The maximum Gasteiger partial charge on any atom is 0.411 e. The minimum absolute atomic E-state index is 0.206. The normalized spacial score (nSPS) is 11.4. The first-order chi connectivity index (χ1) is 10.0. The highest BCUT2D eigenvalue weighted by Gasteiger charge is 2.27. The molecule has 7 heteroatoms. The molecule has 0 atom stereocenters. The van der Waals surface area contributed by atoms with Crippen LogP contribution in [0.2, 0.25) is 0 Å². The van der Waals surface area contributed by atoms with E-state index in [1.165, 1.54) is 12.3 Å². The van der Waals surface area contributed by atoms with Gasteiger partial charge in [0.05, 0.1) is 12.3 Å². The Morgan fingerprint density at radius 3 is 2.57 bits per heavy atom. The molecule has 0 saturated carbocycles. The molecule has 0 bridgehead atoms. The third-order valence-electron chi connectivity index (χ3n) is 2.52. The summed E-state index contributed by atoms with van der Waals surface area (Å²) in [6.07, 6.45) is -2.85. The summed E-state index contributed by atoms with van der Waals surface area (Å²) in [4.78, 5) is 8.10. The number of anilines is 1. The van der Waals surface area contributed by atoms with Crippen molar-refractivity contribution in [2.24, 2.45) is 0 Å². The van der Waals surface area contributed by atoms with Crippen LogP contribution in [0.4, 0.5) is 19.1 Å². The molecule has 21 heavy (non-hydrogen) atoms. The van der Waals surface area contributed by atoms with E-state index in [2.05, 4.69) is 20.0 Å². The Labute approximate surface area is 120 Å². The lowest BCUT2D eigenvalue weighted by Gasteiger charge is -2.08. The van der Waals surface area contributed by atoms with Crippen LogP contribution in [-0.2, 0) is 17.9 Å². The number of rotatable bonds is 6. The Hall–Kier alpha value is -2.15. The van der Waals surface area contributed by atoms with E-state index in [1.54, 1.807) is 0 Å². The summed E-state index contributed by atoms with van der Waals surface area (Å²) >= 11 is 0. The zero-order valence-electron chi connectivity index (χ0n) is 11.1. The van der Waals surface area contributed by atoms with Gasteiger partial charge in [-0.15, -0.1) is 0 Å². The van der Waals surface area contributed by atoms with Gasteiger partial charge in [0.1, 0.15) is 6.61 Å². The van der Waals surface area contributed by atoms with E-state index in [9.17, 15) is 13.2 Å². The van der Waals surface area contributed by atoms with Crippen molar-refractivity contribution in [3.05, 3.63) is 53.9 Å². The van der Waals surface area contributed by atoms with E-state index in [4.69, 9.17) is 0 Å². The standard InChI is InChI=1S/C14H14F3N3O/c15-14(16,17)10-21-9-12-6-7-18-13(20-12)19-8-11-4-2-1-3-5-11/h1-7H,8-10H2,(H,18,19,20). The van der Waals surface area contributed by atoms with Gasteiger partial charge in [-0.25, -0.2) is 9.97 Å². The number of halogens is 3. The molecule has 0 radical (unpaired) electrons. The Kier molecular flexibility index (Phi) is 5.10. The molecule has 1 aromatic heterocycles. The van der Waals surface area contributed by atoms with Crippen molar-refractivity contribution in [1.29, 1.82) is 0 Å². The summed E-state index contributed by atoms with van der Waals surface area (Å²) in [6.45, 7) is -0.959. The van der Waals surface area contributed by atoms with E-state index in [1.807, 2.05) is 30.3 Å². The van der Waals surface area contributed by atoms with Crippen molar-refractivity contribution < 1.29 is 17.9 Å². The predicted molar refractivity (Wildman–Crippen MR) is 71.5 cm³/mol. The van der Waals surface area contributed by atoms with Crippen LogP contribution < -0.4 is 5.32 Å². The second kappa shape index (κ2) is 7.03. The molecule has 0 fully saturated rings. The third-order valence-corrected chi connectivity index (χ3v) is 2.52. The highest BCUT2D eigenvalue weighted by molar-refractivity contribution is 5.28. The smallest absolute Gasteiger partial charge is 0.366 e. The Balaban J connectivity index is 1.86. The first-order valence-corrected chi connectivity index (χ1v) is 6.27. The number of hydrogen-bond donors (Lipinski definition) is 1. The summed E-state index contributed by atoms with van der Waals surface area (Å²) in [6, 6.07) is 11.2. The van der Waals surface area contributed by atoms with Gasteiger partial charge in [-0.05, 0) is 11.6 Å². The zero-order valence-corrected chi connectivity index (χ0v) is 11.1. The monoisotopic (exact) mass is 297 g/mol. The highest BCUT2D eigenvalue weighted by atomic mass is 19.4. The maximum atomic E-state index is 12.0. The van der Waals surface area contributed by atoms with Crippen molar-refractivity contribution in [3.8, 4) is 0 Å². The maximum absolute atomic E-state index is 12.0. The predicted octanol–water partition coefficient (Wildman–Crippen LogP) is 3.17. The van der Waals surface area contributed by atoms with Crippen molar-refractivity contribution in [2.75, 3.05) is 11.9 Å². The van der Waals surface area contributed by atoms with Crippen LogP contribution in [0.5, 0.6) is 0 Å². The lowest BCUT2D eigenvalue weighted by Crippen LogP contribution is -2.17. The van der Waals surface area contributed by atoms with Crippen LogP contribution in [0.15, 0.2) is 42.6 Å². The summed E-state index contributed by atoms with van der Waals surface area (Å²) in [5, 5.41) is 3.01. The molecule has 1 heterocycles. The van der Waals surface area contributed by atoms with Crippen molar-refractivity contribution in [3.63, 3.8) is 0 Å². The number of benzene rings is 1. The molecule has 0 unspecified atom stereocenters. The Morgan fingerprint density at radius 1 is 1.10 bits per heavy atom. The first kappa shape index (κ1) is 15.2. The summed E-state index contributed by atoms with van der Waals surface area (Å²) in [7, 11) is 0. The van der Waals surface area contributed by atoms with Crippen LogP contribution in [0.3, 0.4) is 0 Å². The van der Waals surface area contributed by atoms with Gasteiger partial charge in [0, 0.05) is 12.7 Å². The van der Waals surface area contributed by atoms with Crippen molar-refractivity contribution in [1.82, 2.24) is 9.97 Å². The fraction of sp³-hybridized carbons (Fsp3) is 0.286. The number of nitrogens with one attached hydrogen (secondary N) is 1. The van der Waals surface area contributed by atoms with Crippen molar-refractivity contribution >= 4 is 5.95 Å². The molecule has 4 nitrogen and oxygen atoms in total. The van der Waals surface area contributed by atoms with E-state index in [0.717, 1.165) is 5.56 Å². The fourth-order valence-electron chi connectivity index (χ4n) is 1.61. The SMILES string of the molecule is FC(F)(F)COCc1ccnc(NCc2ccccc2)n1. The number of hydrogen-bond acceptors (Lipinski definition) is 4. The molecule has 0 aliphatic rings. The Bertz CT molecular complexity index is 561. The van der Waals surface area contributed by atoms with Crippen LogP contribution >= 0.6 is 0 Å². The third kappa shape index (κ3) is 5.78. The Morgan fingerprint density at radius 2 is 1.86 bits per heavy atom. The molecule has 0 aliphatic heterocycles. The van der Waals surface area contributed by atoms with E-state index in [0.29, 0.717) is 18.2 Å². The van der Waals surface area contributed by atoms with Gasteiger partial charge < -0.3 is 10.1 Å². The van der Waals surface area contributed by atoms with Gasteiger partial charge in [-0.2, -0.15) is 13.2 Å². The second-order valence-corrected chi connectivity index (χ2v) is 4.32. The second-order valence-electron chi connectivity index (χ2n) is 4.32. The summed E-state index contributed by atoms with van der Waals surface area (Å²) in [5.74, 6) is 0.354. The van der Waals surface area contributed by atoms with Crippen LogP contribution in [0, 0.1) is 0 Å². The van der Waals surface area contributed by atoms with Gasteiger partial charge in [0.15, 0.2) is 0 Å². The molecule has 0 spiro atoms. The minimum atomic E-state index is -4.33. The molecule has 2 rings (SSSR count). The molecule has 1 N–H and O–H groups in total. The average Bonchev–Trinajstić information content (AvgIpc) is 2.45. The topological polar surface area (TPSA) is 47.0 Å². The van der Waals surface area contributed by atoms with Gasteiger partial charge in [-0.1, -0.05) is 30.3 Å². The molecule has 0 aliphatic carbocycles. The molecule has 0 amide bonds. The van der Waals surface area contributed by atoms with Crippen LogP contribution in [0.25, 0.3) is 0 Å². The van der Waals surface area contributed by atoms with Crippen molar-refractivity contribution in [2.45, 2.75) is 19.3 Å². The van der Waals surface area contributed by atoms with Gasteiger partial charge in [0.25, 0.3) is 0 Å². The molecular formula is C14H14F3N3O. The number of alkyl halides is 3. The van der Waals surface area contributed by atoms with Gasteiger partial charge in [-0.3, -0.25) is 0 Å². The van der Waals surface area contributed by atoms with E-state index in [-0.39, 0.29) is 6.61 Å². The molecule has 112 valence electrons. The summed E-state index contributed by atoms with van der Waals surface area (Å²) < 4.78 is 40.5. The lowest BCUT2D eigenvalue weighted by atomic mass is 10.2. The number of nitrogens with zero attached hydrogens (tertiary/aromatic N) is 2.